The number of amides is 3. The molecule has 1 aromatic rings. The predicted molar refractivity (Wildman–Crippen MR) is 292 cm³/mol. The number of aliphatic hydroxyl groups excluding tert-OH is 9. The number of hydrogen-bond acceptors (Lipinski definition) is 18. The number of alkyl carbamates (subject to hydrolysis) is 1. The summed E-state index contributed by atoms with van der Waals surface area (Å²) in [6, 6.07) is 5.73. The van der Waals surface area contributed by atoms with E-state index >= 15 is 0 Å². The lowest BCUT2D eigenvalue weighted by Gasteiger charge is -2.46. The van der Waals surface area contributed by atoms with E-state index in [9.17, 15) is 65.4 Å². The van der Waals surface area contributed by atoms with Crippen molar-refractivity contribution in [3.63, 3.8) is 0 Å². The van der Waals surface area contributed by atoms with E-state index in [0.29, 0.717) is 0 Å². The molecular weight excluding hydrogens is 1030 g/mol. The summed E-state index contributed by atoms with van der Waals surface area (Å²) in [6.07, 6.45) is 3.55. The molecule has 440 valence electrons. The first-order valence-corrected chi connectivity index (χ1v) is 26.9. The van der Waals surface area contributed by atoms with Crippen molar-refractivity contribution >= 4 is 18.1 Å². The van der Waals surface area contributed by atoms with Crippen molar-refractivity contribution in [2.75, 3.05) is 6.61 Å². The van der Waals surface area contributed by atoms with E-state index in [1.807, 2.05) is 31.2 Å². The summed E-state index contributed by atoms with van der Waals surface area (Å²) in [4.78, 5) is 38.8. The molecule has 4 rings (SSSR count). The molecule has 0 aromatic heterocycles. The van der Waals surface area contributed by atoms with Crippen molar-refractivity contribution in [3.05, 3.63) is 134 Å². The number of urea groups is 1. The minimum absolute atomic E-state index is 0.113. The third-order valence-electron chi connectivity index (χ3n) is 13.9. The Labute approximate surface area is 463 Å². The predicted octanol–water partition coefficient (Wildman–Crippen LogP) is 2.83. The van der Waals surface area contributed by atoms with E-state index in [-0.39, 0.29) is 44.8 Å². The maximum atomic E-state index is 13.5. The molecule has 19 atom stereocenters. The number of nitrogens with one attached hydrogen (secondary N) is 3. The third kappa shape index (κ3) is 23.3. The zero-order valence-electron chi connectivity index (χ0n) is 45.5. The van der Waals surface area contributed by atoms with Crippen LogP contribution in [0.25, 0.3) is 0 Å². The number of carbonyl (C=O) groups excluding carboxylic acids is 3. The molecule has 1 aromatic carbocycles. The normalized spacial score (nSPS) is 39.2. The molecule has 79 heavy (non-hydrogen) atoms. The molecular formula is C58H85N3O18. The molecule has 2 bridgehead atoms. The smallest absolute Gasteiger partial charge is 0.407 e. The van der Waals surface area contributed by atoms with Crippen molar-refractivity contribution in [1.29, 1.82) is 0 Å². The second-order valence-electron chi connectivity index (χ2n) is 20.5. The van der Waals surface area contributed by atoms with Crippen molar-refractivity contribution < 1.29 is 89.1 Å². The second-order valence-corrected chi connectivity index (χ2v) is 20.5. The number of allylic oxidation sites excluding steroid dienone is 12. The first-order chi connectivity index (χ1) is 37.6. The standard InChI is InChI=1S/C58H85N3O18/c1-6-28-75-57(73)61-51-53(70)39(5)77-55(54(51)71)78-44-25-21-16-14-12-10-8-7-9-11-13-15-18-22-36(2)52(69)37(3)38(4)76-49(68)31-42(63)29-41(62)26-27-45(65)46(66)30-43(64)33-58(74)34-47(67)50(48(32-44)79-58)60-56(72)59-35-40-23-19-17-20-24-40/h6-25,36-39,41-48,50-55,62-67,69-71,74H,1,26-35H2,2-5H3,(H,61,73)(H2,59,60,72)/b8-7+,11-9+,12-10+,15-13+,16-14+,22-18+,25-21+/t36-,37-,38?,39+,41+,42+,43-,44-,45+,46+,47-,48-,50+,51-,52+,53+,54-,55-,58+/m0/s1. The lowest BCUT2D eigenvalue weighted by atomic mass is 9.87. The van der Waals surface area contributed by atoms with Gasteiger partial charge in [0.05, 0.1) is 79.5 Å². The van der Waals surface area contributed by atoms with Crippen LogP contribution in [0.15, 0.2) is 128 Å². The van der Waals surface area contributed by atoms with Gasteiger partial charge in [-0.05, 0) is 38.7 Å². The van der Waals surface area contributed by atoms with Gasteiger partial charge >= 0.3 is 18.1 Å². The largest absolute Gasteiger partial charge is 0.462 e. The Morgan fingerprint density at radius 2 is 1.30 bits per heavy atom. The maximum Gasteiger partial charge on any atom is 0.407 e. The Bertz CT molecular complexity index is 2220. The van der Waals surface area contributed by atoms with Crippen LogP contribution < -0.4 is 16.0 Å². The van der Waals surface area contributed by atoms with Gasteiger partial charge in [-0.15, -0.1) is 0 Å². The molecule has 3 aliphatic rings. The summed E-state index contributed by atoms with van der Waals surface area (Å²) in [5.41, 5.74) is 0.778. The highest BCUT2D eigenvalue weighted by atomic mass is 16.7. The van der Waals surface area contributed by atoms with Gasteiger partial charge in [0.25, 0.3) is 0 Å². The molecule has 2 saturated heterocycles. The summed E-state index contributed by atoms with van der Waals surface area (Å²) >= 11 is 0. The number of ether oxygens (including phenoxy) is 5. The number of carbonyl (C=O) groups is 3. The second kappa shape index (κ2) is 34.0. The topological polar surface area (TPSA) is 336 Å². The van der Waals surface area contributed by atoms with Gasteiger partial charge in [-0.25, -0.2) is 9.59 Å². The van der Waals surface area contributed by atoms with Crippen LogP contribution in [0.1, 0.15) is 84.6 Å². The molecule has 2 fully saturated rings. The van der Waals surface area contributed by atoms with Crippen molar-refractivity contribution in [1.82, 2.24) is 16.0 Å². The van der Waals surface area contributed by atoms with E-state index in [1.165, 1.54) is 13.0 Å². The van der Waals surface area contributed by atoms with Gasteiger partial charge in [0.15, 0.2) is 12.1 Å². The van der Waals surface area contributed by atoms with E-state index in [0.717, 1.165) is 5.56 Å². The lowest BCUT2D eigenvalue weighted by Crippen LogP contribution is -2.64. The number of esters is 1. The van der Waals surface area contributed by atoms with E-state index in [4.69, 9.17) is 23.7 Å². The number of rotatable bonds is 8. The fourth-order valence-electron chi connectivity index (χ4n) is 9.27. The number of aliphatic hydroxyl groups is 10. The highest BCUT2D eigenvalue weighted by Crippen LogP contribution is 2.35. The van der Waals surface area contributed by atoms with Crippen LogP contribution in [0, 0.1) is 11.8 Å². The Kier molecular flexibility index (Phi) is 28.5. The van der Waals surface area contributed by atoms with Crippen molar-refractivity contribution in [3.8, 4) is 0 Å². The van der Waals surface area contributed by atoms with Gasteiger partial charge < -0.3 is 90.7 Å². The average molecular weight is 1110 g/mol. The zero-order valence-corrected chi connectivity index (χ0v) is 45.5. The molecule has 21 heteroatoms. The molecule has 0 saturated carbocycles. The van der Waals surface area contributed by atoms with Gasteiger partial charge in [-0.1, -0.05) is 142 Å². The lowest BCUT2D eigenvalue weighted by molar-refractivity contribution is -0.303. The molecule has 3 amide bonds. The molecule has 13 N–H and O–H groups in total. The highest BCUT2D eigenvalue weighted by Gasteiger charge is 2.50. The van der Waals surface area contributed by atoms with Crippen LogP contribution >= 0.6 is 0 Å². The van der Waals surface area contributed by atoms with Crippen LogP contribution in [0.4, 0.5) is 9.59 Å². The minimum Gasteiger partial charge on any atom is -0.462 e. The van der Waals surface area contributed by atoms with Crippen LogP contribution in [-0.2, 0) is 35.0 Å². The van der Waals surface area contributed by atoms with Crippen LogP contribution in [0.2, 0.25) is 0 Å². The SMILES string of the molecule is C=CCOC(=O)N[C@@H]1[C@H](O)[C@H](O[C@H]2/C=C/C=C/C=C/C=C/C=C/C=C/C=C/[C@H](C)[C@@H](O)[C@@H](C)C(C)OC(=O)C[C@H](O)C[C@H](O)CC[C@@H](O)[C@H](O)C[C@H](O)C[C@]3(O)C[C@H](O)[C@@H](NC(=O)NCc4ccccc4)[C@H](C2)O3)O[C@H](C)[C@H]1O. The number of fused-ring (bicyclic) bond motifs is 2. The summed E-state index contributed by atoms with van der Waals surface area (Å²) < 4.78 is 29.1. The number of benzene rings is 1. The van der Waals surface area contributed by atoms with Gasteiger partial charge in [0.2, 0.25) is 0 Å². The molecule has 21 nitrogen and oxygen atoms in total. The average Bonchev–Trinajstić information content (AvgIpc) is 3.43. The number of hydrogen-bond donors (Lipinski definition) is 13. The van der Waals surface area contributed by atoms with E-state index in [2.05, 4.69) is 22.5 Å². The van der Waals surface area contributed by atoms with Crippen molar-refractivity contribution in [2.24, 2.45) is 11.8 Å². The fourth-order valence-corrected chi connectivity index (χ4v) is 9.27. The first kappa shape index (κ1) is 66.1. The van der Waals surface area contributed by atoms with Gasteiger partial charge in [0, 0.05) is 44.1 Å². The van der Waals surface area contributed by atoms with E-state index in [1.54, 1.807) is 105 Å². The Morgan fingerprint density at radius 1 is 0.684 bits per heavy atom. The molecule has 3 aliphatic heterocycles. The van der Waals surface area contributed by atoms with Crippen LogP contribution in [-0.4, -0.2) is 179 Å². The molecule has 1 unspecified atom stereocenters. The van der Waals surface area contributed by atoms with Gasteiger partial charge in [-0.3, -0.25) is 4.79 Å². The van der Waals surface area contributed by atoms with Crippen LogP contribution in [0.5, 0.6) is 0 Å². The van der Waals surface area contributed by atoms with E-state index < -0.39 is 153 Å². The Morgan fingerprint density at radius 3 is 1.94 bits per heavy atom. The first-order valence-electron chi connectivity index (χ1n) is 26.9. The number of cyclic esters (lactones) is 1. The summed E-state index contributed by atoms with van der Waals surface area (Å²) in [6.45, 7) is 10.2. The van der Waals surface area contributed by atoms with Crippen molar-refractivity contribution in [2.45, 2.75) is 189 Å². The fraction of sp³-hybridized carbons (Fsp3) is 0.569. The summed E-state index contributed by atoms with van der Waals surface area (Å²) in [5, 5.41) is 120. The molecule has 0 radical (unpaired) electrons. The Balaban J connectivity index is 1.65. The molecule has 0 aliphatic carbocycles. The maximum absolute atomic E-state index is 13.5. The van der Waals surface area contributed by atoms with Crippen LogP contribution in [0.3, 0.4) is 0 Å². The monoisotopic (exact) mass is 1110 g/mol. The minimum atomic E-state index is -2.32. The Hall–Kier alpha value is -5.37. The summed E-state index contributed by atoms with van der Waals surface area (Å²) in [5.74, 6) is -3.82. The molecule has 0 spiro atoms. The quantitative estimate of drug-likeness (QED) is 0.131. The molecule has 3 heterocycles. The zero-order chi connectivity index (χ0) is 58.1. The highest BCUT2D eigenvalue weighted by molar-refractivity contribution is 5.74. The third-order valence-corrected chi connectivity index (χ3v) is 13.9. The van der Waals surface area contributed by atoms with Gasteiger partial charge in [-0.2, -0.15) is 0 Å². The van der Waals surface area contributed by atoms with Gasteiger partial charge in [0.1, 0.15) is 24.9 Å². The summed E-state index contributed by atoms with van der Waals surface area (Å²) in [7, 11) is 0.